The molecule has 9 heteroatoms. The summed E-state index contributed by atoms with van der Waals surface area (Å²) in [4.78, 5) is 28.7. The molecular weight excluding hydrogens is 510 g/mol. The normalized spacial score (nSPS) is 12.0. The Balaban J connectivity index is 2.02. The van der Waals surface area contributed by atoms with Crippen LogP contribution in [0, 0.1) is 0 Å². The third-order valence-electron chi connectivity index (χ3n) is 5.79. The Bertz CT molecular complexity index is 1290. The van der Waals surface area contributed by atoms with Crippen LogP contribution < -0.4 is 9.62 Å². The number of rotatable bonds is 12. The maximum absolute atomic E-state index is 13.9. The first-order valence-electron chi connectivity index (χ1n) is 12.1. The number of carbonyl (C=O) groups is 2. The van der Waals surface area contributed by atoms with Crippen molar-refractivity contribution in [1.29, 1.82) is 0 Å². The van der Waals surface area contributed by atoms with E-state index in [4.69, 9.17) is 11.6 Å². The SMILES string of the molecule is CCCNC(=O)C(Cc1ccccc1)N(Cc1cccc(Cl)c1)C(=O)CN(c1ccccc1)S(C)(=O)=O. The molecule has 3 rings (SSSR count). The molecule has 2 amide bonds. The summed E-state index contributed by atoms with van der Waals surface area (Å²) in [5.74, 6) is -0.798. The van der Waals surface area contributed by atoms with E-state index < -0.39 is 28.5 Å². The zero-order valence-corrected chi connectivity index (χ0v) is 22.6. The van der Waals surface area contributed by atoms with Crippen LogP contribution in [0.3, 0.4) is 0 Å². The minimum absolute atomic E-state index is 0.0861. The lowest BCUT2D eigenvalue weighted by Crippen LogP contribution is -2.53. The molecule has 0 saturated heterocycles. The molecule has 37 heavy (non-hydrogen) atoms. The van der Waals surface area contributed by atoms with Crippen molar-refractivity contribution in [2.24, 2.45) is 0 Å². The number of sulfonamides is 1. The summed E-state index contributed by atoms with van der Waals surface area (Å²) in [6, 6.07) is 24.1. The minimum Gasteiger partial charge on any atom is -0.354 e. The van der Waals surface area contributed by atoms with Crippen LogP contribution in [-0.4, -0.2) is 50.5 Å². The lowest BCUT2D eigenvalue weighted by Gasteiger charge is -2.33. The molecular formula is C28H32ClN3O4S. The smallest absolute Gasteiger partial charge is 0.244 e. The molecule has 0 aliphatic heterocycles. The molecule has 0 aliphatic carbocycles. The number of para-hydroxylation sites is 1. The molecule has 0 heterocycles. The number of hydrogen-bond donors (Lipinski definition) is 1. The summed E-state index contributed by atoms with van der Waals surface area (Å²) < 4.78 is 26.4. The van der Waals surface area contributed by atoms with Crippen LogP contribution in [-0.2, 0) is 32.6 Å². The van der Waals surface area contributed by atoms with E-state index in [1.807, 2.05) is 43.3 Å². The Labute approximate surface area is 224 Å². The molecule has 1 N–H and O–H groups in total. The fraction of sp³-hybridized carbons (Fsp3) is 0.286. The van der Waals surface area contributed by atoms with Crippen LogP contribution in [0.2, 0.25) is 5.02 Å². The van der Waals surface area contributed by atoms with Crippen molar-refractivity contribution in [3.8, 4) is 0 Å². The fourth-order valence-electron chi connectivity index (χ4n) is 3.96. The fourth-order valence-corrected chi connectivity index (χ4v) is 5.02. The summed E-state index contributed by atoms with van der Waals surface area (Å²) in [6.45, 7) is 2.05. The molecule has 0 bridgehead atoms. The van der Waals surface area contributed by atoms with Gasteiger partial charge in [0.25, 0.3) is 0 Å². The van der Waals surface area contributed by atoms with Crippen molar-refractivity contribution in [1.82, 2.24) is 10.2 Å². The Hall–Kier alpha value is -3.36. The molecule has 0 aromatic heterocycles. The molecule has 196 valence electrons. The van der Waals surface area contributed by atoms with Gasteiger partial charge in [-0.25, -0.2) is 8.42 Å². The number of carbonyl (C=O) groups excluding carboxylic acids is 2. The summed E-state index contributed by atoms with van der Waals surface area (Å²) in [6.07, 6.45) is 2.07. The second-order valence-electron chi connectivity index (χ2n) is 8.75. The van der Waals surface area contributed by atoms with Gasteiger partial charge in [-0.1, -0.05) is 79.2 Å². The maximum atomic E-state index is 13.9. The van der Waals surface area contributed by atoms with Crippen molar-refractivity contribution in [2.75, 3.05) is 23.7 Å². The Morgan fingerprint density at radius 2 is 1.54 bits per heavy atom. The lowest BCUT2D eigenvalue weighted by atomic mass is 10.0. The van der Waals surface area contributed by atoms with Gasteiger partial charge in [0.15, 0.2) is 0 Å². The molecule has 0 spiro atoms. The Morgan fingerprint density at radius 1 is 0.919 bits per heavy atom. The van der Waals surface area contributed by atoms with Crippen LogP contribution >= 0.6 is 11.6 Å². The first-order valence-corrected chi connectivity index (χ1v) is 14.3. The van der Waals surface area contributed by atoms with Gasteiger partial charge in [0.2, 0.25) is 21.8 Å². The first kappa shape index (κ1) is 28.2. The third-order valence-corrected chi connectivity index (χ3v) is 7.16. The molecule has 0 radical (unpaired) electrons. The largest absolute Gasteiger partial charge is 0.354 e. The zero-order chi connectivity index (χ0) is 26.8. The highest BCUT2D eigenvalue weighted by Crippen LogP contribution is 2.21. The highest BCUT2D eigenvalue weighted by atomic mass is 35.5. The number of nitrogens with one attached hydrogen (secondary N) is 1. The number of anilines is 1. The molecule has 1 atom stereocenters. The molecule has 0 saturated carbocycles. The van der Waals surface area contributed by atoms with Gasteiger partial charge in [-0.05, 0) is 41.8 Å². The second kappa shape index (κ2) is 13.3. The van der Waals surface area contributed by atoms with E-state index in [-0.39, 0.29) is 18.9 Å². The van der Waals surface area contributed by atoms with Crippen LogP contribution in [0.5, 0.6) is 0 Å². The van der Waals surface area contributed by atoms with Crippen LogP contribution in [0.25, 0.3) is 0 Å². The van der Waals surface area contributed by atoms with Crippen LogP contribution in [0.15, 0.2) is 84.9 Å². The van der Waals surface area contributed by atoms with Gasteiger partial charge in [-0.15, -0.1) is 0 Å². The number of nitrogens with zero attached hydrogens (tertiary/aromatic N) is 2. The standard InChI is InChI=1S/C28H32ClN3O4S/c1-3-17-30-28(34)26(19-22-11-6-4-7-12-22)31(20-23-13-10-14-24(29)18-23)27(33)21-32(37(2,35)36)25-15-8-5-9-16-25/h4-16,18,26H,3,17,19-21H2,1-2H3,(H,30,34). The van der Waals surface area contributed by atoms with Gasteiger partial charge in [0.1, 0.15) is 12.6 Å². The van der Waals surface area contributed by atoms with Gasteiger partial charge in [0, 0.05) is 24.5 Å². The van der Waals surface area contributed by atoms with Crippen molar-refractivity contribution >= 4 is 39.1 Å². The highest BCUT2D eigenvalue weighted by molar-refractivity contribution is 7.92. The monoisotopic (exact) mass is 541 g/mol. The quantitative estimate of drug-likeness (QED) is 0.371. The zero-order valence-electron chi connectivity index (χ0n) is 21.0. The van der Waals surface area contributed by atoms with Gasteiger partial charge >= 0.3 is 0 Å². The van der Waals surface area contributed by atoms with E-state index in [1.54, 1.807) is 48.5 Å². The molecule has 3 aromatic rings. The van der Waals surface area contributed by atoms with E-state index in [9.17, 15) is 18.0 Å². The average molecular weight is 542 g/mol. The number of halogens is 1. The summed E-state index contributed by atoms with van der Waals surface area (Å²) >= 11 is 6.20. The van der Waals surface area contributed by atoms with Gasteiger partial charge in [0.05, 0.1) is 11.9 Å². The van der Waals surface area contributed by atoms with E-state index in [2.05, 4.69) is 5.32 Å². The van der Waals surface area contributed by atoms with Gasteiger partial charge < -0.3 is 10.2 Å². The predicted octanol–water partition coefficient (Wildman–Crippen LogP) is 4.27. The third kappa shape index (κ3) is 8.33. The van der Waals surface area contributed by atoms with E-state index in [0.29, 0.717) is 17.3 Å². The Morgan fingerprint density at radius 3 is 2.14 bits per heavy atom. The van der Waals surface area contributed by atoms with Crippen molar-refractivity contribution < 1.29 is 18.0 Å². The van der Waals surface area contributed by atoms with E-state index in [1.165, 1.54) is 4.90 Å². The summed E-state index contributed by atoms with van der Waals surface area (Å²) in [5.41, 5.74) is 1.98. The molecule has 0 fully saturated rings. The number of amides is 2. The highest BCUT2D eigenvalue weighted by Gasteiger charge is 2.32. The van der Waals surface area contributed by atoms with Crippen LogP contribution in [0.4, 0.5) is 5.69 Å². The summed E-state index contributed by atoms with van der Waals surface area (Å²) in [7, 11) is -3.78. The minimum atomic E-state index is -3.78. The van der Waals surface area contributed by atoms with Crippen molar-refractivity contribution in [3.05, 3.63) is 101 Å². The maximum Gasteiger partial charge on any atom is 0.244 e. The molecule has 0 aliphatic rings. The van der Waals surface area contributed by atoms with E-state index >= 15 is 0 Å². The number of benzene rings is 3. The predicted molar refractivity (Wildman–Crippen MR) is 148 cm³/mol. The first-order chi connectivity index (χ1) is 17.7. The van der Waals surface area contributed by atoms with Crippen molar-refractivity contribution in [2.45, 2.75) is 32.4 Å². The molecule has 7 nitrogen and oxygen atoms in total. The number of hydrogen-bond acceptors (Lipinski definition) is 4. The van der Waals surface area contributed by atoms with Crippen LogP contribution in [0.1, 0.15) is 24.5 Å². The lowest BCUT2D eigenvalue weighted by molar-refractivity contribution is -0.140. The van der Waals surface area contributed by atoms with Gasteiger partial charge in [-0.3, -0.25) is 13.9 Å². The van der Waals surface area contributed by atoms with Gasteiger partial charge in [-0.2, -0.15) is 0 Å². The molecule has 1 unspecified atom stereocenters. The Kier molecular flexibility index (Phi) is 10.1. The van der Waals surface area contributed by atoms with Crippen molar-refractivity contribution in [3.63, 3.8) is 0 Å². The molecule has 3 aromatic carbocycles. The van der Waals surface area contributed by atoms with E-state index in [0.717, 1.165) is 28.1 Å². The average Bonchev–Trinajstić information content (AvgIpc) is 2.88. The summed E-state index contributed by atoms with van der Waals surface area (Å²) in [5, 5.41) is 3.41. The topological polar surface area (TPSA) is 86.8 Å². The second-order valence-corrected chi connectivity index (χ2v) is 11.1.